The average molecular weight is 380 g/mol. The second-order valence-corrected chi connectivity index (χ2v) is 8.32. The molecule has 29 heavy (non-hydrogen) atoms. The standard InChI is InChI=1S/C27H24O2/c1-4-15-25(16-5-2)18-21-12-8-10-14-23(21)27(25,29)26(17-6-3)19-20-11-7-9-13-22(20)24(26)28/h1,3,5,7-14,29H,2,15-19H2. The second-order valence-electron chi connectivity index (χ2n) is 8.32. The molecule has 2 aromatic carbocycles. The molecule has 144 valence electrons. The molecule has 2 aromatic rings. The first kappa shape index (κ1) is 19.3. The molecule has 0 saturated heterocycles. The maximum Gasteiger partial charge on any atom is 0.173 e. The molecule has 2 heteroatoms. The summed E-state index contributed by atoms with van der Waals surface area (Å²) in [6.07, 6.45) is 15.4. The van der Waals surface area contributed by atoms with Gasteiger partial charge >= 0.3 is 0 Å². The Kier molecular flexibility index (Phi) is 4.49. The van der Waals surface area contributed by atoms with Crippen molar-refractivity contribution >= 4 is 5.78 Å². The van der Waals surface area contributed by atoms with E-state index in [1.165, 1.54) is 0 Å². The molecule has 2 aliphatic rings. The first-order chi connectivity index (χ1) is 14.0. The molecule has 0 heterocycles. The van der Waals surface area contributed by atoms with Crippen LogP contribution in [0, 0.1) is 35.5 Å². The first-order valence-electron chi connectivity index (χ1n) is 9.91. The summed E-state index contributed by atoms with van der Waals surface area (Å²) in [5.41, 5.74) is -0.00694. The lowest BCUT2D eigenvalue weighted by molar-refractivity contribution is -0.150. The molecule has 0 radical (unpaired) electrons. The van der Waals surface area contributed by atoms with Crippen molar-refractivity contribution in [3.05, 3.63) is 83.4 Å². The molecule has 0 amide bonds. The molecule has 3 unspecified atom stereocenters. The summed E-state index contributed by atoms with van der Waals surface area (Å²) >= 11 is 0. The normalized spacial score (nSPS) is 29.6. The van der Waals surface area contributed by atoms with Crippen LogP contribution in [0.5, 0.6) is 0 Å². The molecule has 0 fully saturated rings. The van der Waals surface area contributed by atoms with Gasteiger partial charge in [0.15, 0.2) is 5.78 Å². The van der Waals surface area contributed by atoms with Crippen LogP contribution in [0.15, 0.2) is 61.2 Å². The Balaban J connectivity index is 2.04. The molecule has 2 nitrogen and oxygen atoms in total. The number of carbonyl (C=O) groups is 1. The van der Waals surface area contributed by atoms with Crippen molar-refractivity contribution in [2.75, 3.05) is 0 Å². The van der Waals surface area contributed by atoms with Crippen molar-refractivity contribution in [1.82, 2.24) is 0 Å². The highest BCUT2D eigenvalue weighted by molar-refractivity contribution is 6.06. The smallest absolute Gasteiger partial charge is 0.173 e. The van der Waals surface area contributed by atoms with E-state index in [1.807, 2.05) is 48.5 Å². The summed E-state index contributed by atoms with van der Waals surface area (Å²) in [5, 5.41) is 12.7. The zero-order chi connectivity index (χ0) is 20.7. The lowest BCUT2D eigenvalue weighted by Gasteiger charge is -2.51. The fraction of sp³-hybridized carbons (Fsp3) is 0.296. The molecule has 3 atom stereocenters. The fourth-order valence-electron chi connectivity index (χ4n) is 5.82. The number of aliphatic hydroxyl groups is 1. The molecular weight excluding hydrogens is 356 g/mol. The van der Waals surface area contributed by atoms with E-state index in [1.54, 1.807) is 6.08 Å². The summed E-state index contributed by atoms with van der Waals surface area (Å²) in [7, 11) is 0. The Hall–Kier alpha value is -3.07. The van der Waals surface area contributed by atoms with E-state index in [-0.39, 0.29) is 12.2 Å². The first-order valence-corrected chi connectivity index (χ1v) is 9.91. The molecule has 2 aliphatic carbocycles. The van der Waals surface area contributed by atoms with E-state index >= 15 is 0 Å². The minimum absolute atomic E-state index is 0.0873. The largest absolute Gasteiger partial charge is 0.383 e. The predicted octanol–water partition coefficient (Wildman–Crippen LogP) is 4.46. The molecule has 0 aromatic heterocycles. The van der Waals surface area contributed by atoms with Gasteiger partial charge in [0, 0.05) is 23.8 Å². The summed E-state index contributed by atoms with van der Waals surface area (Å²) in [6, 6.07) is 15.3. The highest BCUT2D eigenvalue weighted by atomic mass is 16.3. The van der Waals surface area contributed by atoms with Gasteiger partial charge in [-0.25, -0.2) is 0 Å². The number of ketones is 1. The lowest BCUT2D eigenvalue weighted by Crippen LogP contribution is -2.58. The predicted molar refractivity (Wildman–Crippen MR) is 115 cm³/mol. The summed E-state index contributed by atoms with van der Waals surface area (Å²) in [6.45, 7) is 3.93. The average Bonchev–Trinajstić information content (AvgIpc) is 3.15. The minimum Gasteiger partial charge on any atom is -0.383 e. The van der Waals surface area contributed by atoms with Gasteiger partial charge in [0.05, 0.1) is 5.41 Å². The molecular formula is C27H24O2. The Bertz CT molecular complexity index is 1080. The minimum atomic E-state index is -1.49. The Labute approximate surface area is 172 Å². The maximum atomic E-state index is 13.9. The number of benzene rings is 2. The zero-order valence-electron chi connectivity index (χ0n) is 16.4. The number of carbonyl (C=O) groups excluding carboxylic acids is 1. The van der Waals surface area contributed by atoms with E-state index in [4.69, 9.17) is 12.8 Å². The highest BCUT2D eigenvalue weighted by Gasteiger charge is 2.69. The zero-order valence-corrected chi connectivity index (χ0v) is 16.4. The van der Waals surface area contributed by atoms with Crippen LogP contribution in [0.3, 0.4) is 0 Å². The Morgan fingerprint density at radius 3 is 2.31 bits per heavy atom. The van der Waals surface area contributed by atoms with Crippen LogP contribution >= 0.6 is 0 Å². The molecule has 1 N–H and O–H groups in total. The number of hydrogen-bond acceptors (Lipinski definition) is 2. The summed E-state index contributed by atoms with van der Waals surface area (Å²) < 4.78 is 0. The van der Waals surface area contributed by atoms with Crippen LogP contribution in [0.25, 0.3) is 0 Å². The van der Waals surface area contributed by atoms with Crippen LogP contribution < -0.4 is 0 Å². The van der Waals surface area contributed by atoms with Crippen molar-refractivity contribution in [1.29, 1.82) is 0 Å². The van der Waals surface area contributed by atoms with Crippen molar-refractivity contribution in [3.8, 4) is 24.7 Å². The summed E-state index contributed by atoms with van der Waals surface area (Å²) in [5.74, 6) is 5.40. The topological polar surface area (TPSA) is 37.3 Å². The number of allylic oxidation sites excluding steroid dienone is 1. The number of Topliss-reactive ketones (excluding diaryl/α,β-unsaturated/α-hetero) is 1. The van der Waals surface area contributed by atoms with Gasteiger partial charge in [-0.1, -0.05) is 54.6 Å². The van der Waals surface area contributed by atoms with E-state index in [2.05, 4.69) is 18.4 Å². The molecule has 4 rings (SSSR count). The second kappa shape index (κ2) is 6.77. The van der Waals surface area contributed by atoms with E-state index in [0.29, 0.717) is 31.2 Å². The van der Waals surface area contributed by atoms with Crippen LogP contribution in [-0.4, -0.2) is 10.9 Å². The van der Waals surface area contributed by atoms with Crippen molar-refractivity contribution in [3.63, 3.8) is 0 Å². The Morgan fingerprint density at radius 1 is 1.00 bits per heavy atom. The van der Waals surface area contributed by atoms with Gasteiger partial charge in [0.1, 0.15) is 5.60 Å². The monoisotopic (exact) mass is 380 g/mol. The van der Waals surface area contributed by atoms with Gasteiger partial charge in [-0.3, -0.25) is 4.79 Å². The number of fused-ring (bicyclic) bond motifs is 2. The van der Waals surface area contributed by atoms with Crippen LogP contribution in [-0.2, 0) is 18.4 Å². The van der Waals surface area contributed by atoms with E-state index in [0.717, 1.165) is 16.7 Å². The number of terminal acetylenes is 2. The van der Waals surface area contributed by atoms with Gasteiger partial charge in [-0.15, -0.1) is 31.3 Å². The van der Waals surface area contributed by atoms with E-state index in [9.17, 15) is 9.90 Å². The third kappa shape index (κ3) is 2.33. The van der Waals surface area contributed by atoms with E-state index < -0.39 is 16.4 Å². The number of hydrogen-bond donors (Lipinski definition) is 1. The molecule has 0 bridgehead atoms. The third-order valence-electron chi connectivity index (χ3n) is 6.96. The molecule has 0 aliphatic heterocycles. The van der Waals surface area contributed by atoms with Crippen LogP contribution in [0.1, 0.15) is 46.3 Å². The maximum absolute atomic E-state index is 13.9. The van der Waals surface area contributed by atoms with Crippen molar-refractivity contribution in [2.45, 2.75) is 37.7 Å². The van der Waals surface area contributed by atoms with Gasteiger partial charge in [-0.2, -0.15) is 0 Å². The Morgan fingerprint density at radius 2 is 1.66 bits per heavy atom. The van der Waals surface area contributed by atoms with Crippen molar-refractivity contribution in [2.24, 2.45) is 10.8 Å². The van der Waals surface area contributed by atoms with Gasteiger partial charge in [-0.05, 0) is 36.0 Å². The van der Waals surface area contributed by atoms with Crippen molar-refractivity contribution < 1.29 is 9.90 Å². The summed E-state index contributed by atoms with van der Waals surface area (Å²) in [4.78, 5) is 13.9. The quantitative estimate of drug-likeness (QED) is 0.614. The SMILES string of the molecule is C#CCC1(CC=C)Cc2ccccc2C1(O)C1(CC#C)Cc2ccccc2C1=O. The van der Waals surface area contributed by atoms with Crippen LogP contribution in [0.4, 0.5) is 0 Å². The molecule has 0 saturated carbocycles. The lowest BCUT2D eigenvalue weighted by atomic mass is 9.53. The molecule has 0 spiro atoms. The highest BCUT2D eigenvalue weighted by Crippen LogP contribution is 2.66. The van der Waals surface area contributed by atoms with Gasteiger partial charge in [0.2, 0.25) is 0 Å². The third-order valence-corrected chi connectivity index (χ3v) is 6.96. The van der Waals surface area contributed by atoms with Gasteiger partial charge in [0.25, 0.3) is 0 Å². The van der Waals surface area contributed by atoms with Crippen LogP contribution in [0.2, 0.25) is 0 Å². The number of rotatable bonds is 5. The fourth-order valence-corrected chi connectivity index (χ4v) is 5.82. The van der Waals surface area contributed by atoms with Gasteiger partial charge < -0.3 is 5.11 Å².